The van der Waals surface area contributed by atoms with Crippen molar-refractivity contribution >= 4 is 89.6 Å². The molecule has 0 saturated carbocycles. The van der Waals surface area contributed by atoms with E-state index in [0.29, 0.717) is 60.3 Å². The fourth-order valence-electron chi connectivity index (χ4n) is 15.0. The highest BCUT2D eigenvalue weighted by Crippen LogP contribution is 2.49. The standard InChI is InChI=1S/C64H60ClF4N11O9S/c1-5-64(39-19-46-52-37(25-80(46)58(82)38(39)27-86-60(64)84)49-43(71)12-10-33-31(4)42(68)20-44(73-52)50(33)49)89-59(83)45-8-6-15-79(45)62(85)87-26-29(2)57(81)76-16-17-78(30(3)23-76)56-35-18-40(65)48(34-9-11-41(67)54-47(34)36(22-70)55(72)90-54)51(69)53(35)74-61(75-56)88-28-63-13-7-14-77(63)24-32(66)21-63/h9,11,18-20,30,32,43,45H,2,5-8,10,12-17,21,23-28,71-72H2,1,3-4H3. The topological polar surface area (TPSA) is 255 Å². The number of nitrogens with zero attached hydrogens (tertiary/aromatic N) is 9. The van der Waals surface area contributed by atoms with Crippen molar-refractivity contribution in [1.82, 2.24) is 34.2 Å². The van der Waals surface area contributed by atoms with Gasteiger partial charge in [0.1, 0.15) is 66.1 Å². The van der Waals surface area contributed by atoms with E-state index < -0.39 is 89.0 Å². The Morgan fingerprint density at radius 2 is 1.81 bits per heavy atom. The van der Waals surface area contributed by atoms with Crippen molar-refractivity contribution in [1.29, 1.82) is 5.26 Å². The van der Waals surface area contributed by atoms with E-state index in [1.54, 1.807) is 19.9 Å². The number of fused-ring (bicyclic) bond motifs is 8. The van der Waals surface area contributed by atoms with Crippen LogP contribution in [0, 0.1) is 35.7 Å². The Balaban J connectivity index is 0.682. The van der Waals surface area contributed by atoms with Gasteiger partial charge in [-0.25, -0.2) is 36.9 Å². The van der Waals surface area contributed by atoms with E-state index >= 15 is 13.2 Å². The third-order valence-corrected chi connectivity index (χ3v) is 20.9. The van der Waals surface area contributed by atoms with E-state index in [1.165, 1.54) is 27.7 Å². The minimum Gasteiger partial charge on any atom is -0.461 e. The molecule has 14 rings (SSSR count). The molecule has 2 amide bonds. The van der Waals surface area contributed by atoms with Crippen LogP contribution in [0.2, 0.25) is 5.02 Å². The molecule has 26 heteroatoms. The summed E-state index contributed by atoms with van der Waals surface area (Å²) in [5.74, 6) is -4.15. The summed E-state index contributed by atoms with van der Waals surface area (Å²) in [6.07, 6.45) is 1.24. The van der Waals surface area contributed by atoms with Crippen LogP contribution in [-0.4, -0.2) is 134 Å². The van der Waals surface area contributed by atoms with Crippen LogP contribution in [0.4, 0.5) is 33.2 Å². The molecule has 4 N–H and O–H groups in total. The van der Waals surface area contributed by atoms with Gasteiger partial charge >= 0.3 is 24.0 Å². The molecular weight excluding hydrogens is 1210 g/mol. The van der Waals surface area contributed by atoms with Crippen LogP contribution in [0.15, 0.2) is 47.3 Å². The lowest BCUT2D eigenvalue weighted by Gasteiger charge is -2.41. The van der Waals surface area contributed by atoms with Crippen molar-refractivity contribution in [3.8, 4) is 34.6 Å². The van der Waals surface area contributed by atoms with Gasteiger partial charge in [-0.05, 0) is 106 Å². The number of nitriles is 1. The lowest BCUT2D eigenvalue weighted by Crippen LogP contribution is -2.54. The van der Waals surface area contributed by atoms with Gasteiger partial charge in [-0.3, -0.25) is 19.4 Å². The lowest BCUT2D eigenvalue weighted by atomic mass is 9.82. The zero-order chi connectivity index (χ0) is 63.1. The molecule has 3 aromatic carbocycles. The summed E-state index contributed by atoms with van der Waals surface area (Å²) < 4.78 is 88.4. The second kappa shape index (κ2) is 21.9. The third kappa shape index (κ3) is 9.08. The third-order valence-electron chi connectivity index (χ3n) is 19.6. The second-order valence-electron chi connectivity index (χ2n) is 24.5. The number of ether oxygens (including phenoxy) is 4. The van der Waals surface area contributed by atoms with Gasteiger partial charge in [-0.15, -0.1) is 11.3 Å². The van der Waals surface area contributed by atoms with Crippen LogP contribution < -0.4 is 26.7 Å². The highest BCUT2D eigenvalue weighted by Gasteiger charge is 2.53. The maximum absolute atomic E-state index is 17.5. The average Bonchev–Trinajstić information content (AvgIpc) is 1.45. The van der Waals surface area contributed by atoms with Gasteiger partial charge in [-0.1, -0.05) is 31.2 Å². The van der Waals surface area contributed by atoms with E-state index in [-0.39, 0.29) is 148 Å². The number of hydrogen-bond acceptors (Lipinski definition) is 18. The minimum atomic E-state index is -2.11. The fraction of sp³-hybridized carbons (Fsp3) is 0.422. The zero-order valence-electron chi connectivity index (χ0n) is 49.3. The summed E-state index contributed by atoms with van der Waals surface area (Å²) in [5.41, 5.74) is 13.5. The molecule has 20 nitrogen and oxygen atoms in total. The number of nitrogen functional groups attached to an aromatic ring is 1. The predicted octanol–water partition coefficient (Wildman–Crippen LogP) is 9.08. The second-order valence-corrected chi connectivity index (χ2v) is 26.0. The Labute approximate surface area is 520 Å². The molecule has 6 aliphatic heterocycles. The number of rotatable bonds is 11. The minimum absolute atomic E-state index is 0.0259. The number of halogens is 5. The molecule has 6 unspecified atom stereocenters. The fourth-order valence-corrected chi connectivity index (χ4v) is 16.3. The molecular formula is C64H60ClF4N11O9S. The molecule has 0 radical (unpaired) electrons. The van der Waals surface area contributed by atoms with E-state index in [2.05, 4.69) is 16.5 Å². The quantitative estimate of drug-likeness (QED) is 0.0530. The summed E-state index contributed by atoms with van der Waals surface area (Å²) in [6, 6.07) is 6.60. The summed E-state index contributed by atoms with van der Waals surface area (Å²) in [4.78, 5) is 92.1. The number of aromatic nitrogens is 4. The van der Waals surface area contributed by atoms with E-state index in [0.717, 1.165) is 45.2 Å². The number of esters is 2. The number of carbonyl (C=O) groups excluding carboxylic acids is 4. The Morgan fingerprint density at radius 1 is 1.00 bits per heavy atom. The Bertz CT molecular complexity index is 4460. The van der Waals surface area contributed by atoms with Crippen molar-refractivity contribution < 1.29 is 55.7 Å². The van der Waals surface area contributed by atoms with Crippen molar-refractivity contribution in [3.63, 3.8) is 0 Å². The molecule has 0 spiro atoms. The Hall–Kier alpha value is -8.44. The maximum atomic E-state index is 17.5. The number of anilines is 2. The number of carbonyl (C=O) groups is 4. The van der Waals surface area contributed by atoms with Crippen molar-refractivity contribution in [2.45, 2.75) is 121 Å². The van der Waals surface area contributed by atoms with Gasteiger partial charge in [0, 0.05) is 95.7 Å². The molecule has 10 heterocycles. The number of cyclic esters (lactones) is 1. The van der Waals surface area contributed by atoms with Crippen LogP contribution in [0.3, 0.4) is 0 Å². The first-order chi connectivity index (χ1) is 43.1. The number of aryl methyl sites for hydroxylation is 1. The first-order valence-corrected chi connectivity index (χ1v) is 31.2. The number of nitrogens with two attached hydrogens (primary N) is 2. The summed E-state index contributed by atoms with van der Waals surface area (Å²) >= 11 is 7.85. The molecule has 4 fully saturated rings. The first-order valence-electron chi connectivity index (χ1n) is 30.0. The van der Waals surface area contributed by atoms with E-state index in [1.807, 2.05) is 17.9 Å². The maximum Gasteiger partial charge on any atom is 0.410 e. The lowest BCUT2D eigenvalue weighted by molar-refractivity contribution is -0.191. The molecule has 7 aromatic rings. The largest absolute Gasteiger partial charge is 0.461 e. The molecule has 466 valence electrons. The van der Waals surface area contributed by atoms with Crippen LogP contribution in [0.5, 0.6) is 6.01 Å². The molecule has 0 bridgehead atoms. The normalized spacial score (nSPS) is 23.4. The number of likely N-dealkylation sites (tertiary alicyclic amines) is 1. The van der Waals surface area contributed by atoms with Crippen LogP contribution >= 0.6 is 22.9 Å². The highest BCUT2D eigenvalue weighted by atomic mass is 35.5. The summed E-state index contributed by atoms with van der Waals surface area (Å²) in [7, 11) is 0. The van der Waals surface area contributed by atoms with Gasteiger partial charge in [0.25, 0.3) is 11.5 Å². The van der Waals surface area contributed by atoms with Gasteiger partial charge in [0.05, 0.1) is 49.8 Å². The smallest absolute Gasteiger partial charge is 0.410 e. The zero-order valence-corrected chi connectivity index (χ0v) is 50.9. The van der Waals surface area contributed by atoms with Gasteiger partial charge in [0.2, 0.25) is 5.60 Å². The highest BCUT2D eigenvalue weighted by molar-refractivity contribution is 7.23. The number of pyridine rings is 2. The summed E-state index contributed by atoms with van der Waals surface area (Å²) in [5, 5.41) is 11.1. The van der Waals surface area contributed by atoms with Crippen LogP contribution in [-0.2, 0) is 53.8 Å². The molecule has 4 aromatic heterocycles. The number of benzene rings is 3. The molecule has 4 saturated heterocycles. The van der Waals surface area contributed by atoms with Crippen molar-refractivity contribution in [3.05, 3.63) is 114 Å². The molecule has 7 aliphatic rings. The first kappa shape index (κ1) is 59.2. The van der Waals surface area contributed by atoms with Gasteiger partial charge in [0.15, 0.2) is 5.82 Å². The molecule has 1 aliphatic carbocycles. The number of amides is 2. The number of piperazine rings is 1. The summed E-state index contributed by atoms with van der Waals surface area (Å²) in [6.45, 7) is 9.65. The van der Waals surface area contributed by atoms with Gasteiger partial charge in [-0.2, -0.15) is 15.2 Å². The Morgan fingerprint density at radius 3 is 2.59 bits per heavy atom. The number of hydrogen-bond donors (Lipinski definition) is 2. The SMILES string of the molecule is C=C(COC(=O)N1CCCC1C(=O)OC1(CC)C(=O)OCc2c1cc1n(c2=O)Cc2c-1nc1cc(F)c(C)c3c1c2C(N)CC3)C(=O)N1CCN(c2nc(OCC34CCCN3CC(F)C4)nc3c(F)c(-c4ccc(F)c5sc(N)c(C#N)c45)c(Cl)cc23)C(C)C1. The van der Waals surface area contributed by atoms with Crippen molar-refractivity contribution in [2.75, 3.05) is 63.1 Å². The van der Waals surface area contributed by atoms with Crippen molar-refractivity contribution in [2.24, 2.45) is 5.73 Å². The average molecular weight is 1270 g/mol. The van der Waals surface area contributed by atoms with Gasteiger partial charge < -0.3 is 44.8 Å². The number of alkyl halides is 1. The van der Waals surface area contributed by atoms with E-state index in [9.17, 15) is 33.6 Å². The monoisotopic (exact) mass is 1270 g/mol. The predicted molar refractivity (Wildman–Crippen MR) is 325 cm³/mol. The Kier molecular flexibility index (Phi) is 14.4. The molecule has 90 heavy (non-hydrogen) atoms. The number of thiophene rings is 1. The van der Waals surface area contributed by atoms with Crippen LogP contribution in [0.25, 0.3) is 54.4 Å². The molecule has 6 atom stereocenters. The van der Waals surface area contributed by atoms with E-state index in [4.69, 9.17) is 52.0 Å². The van der Waals surface area contributed by atoms with Crippen LogP contribution in [0.1, 0.15) is 104 Å².